The minimum absolute atomic E-state index is 0.257. The molecular weight excluding hydrogens is 314 g/mol. The second-order valence-corrected chi connectivity index (χ2v) is 7.65. The van der Waals surface area contributed by atoms with Crippen molar-refractivity contribution in [3.8, 4) is 0 Å². The standard InChI is InChI=1S/C19H29N5O/c1-15-2-5-18(21-12-15)20-7-6-19(25)24-13-17(14-24)23-10-8-22(9-11-23)16-3-4-16/h2,5,12,16-17H,3-4,6-11,13-14H2,1H3,(H,20,21). The van der Waals surface area contributed by atoms with Crippen molar-refractivity contribution < 1.29 is 4.79 Å². The molecule has 2 saturated heterocycles. The molecule has 1 aromatic rings. The van der Waals surface area contributed by atoms with E-state index in [1.54, 1.807) is 0 Å². The highest BCUT2D eigenvalue weighted by molar-refractivity contribution is 5.77. The van der Waals surface area contributed by atoms with E-state index in [0.29, 0.717) is 19.0 Å². The Bertz CT molecular complexity index is 586. The third kappa shape index (κ3) is 4.12. The average Bonchev–Trinajstić information content (AvgIpc) is 3.41. The lowest BCUT2D eigenvalue weighted by Gasteiger charge is -2.48. The summed E-state index contributed by atoms with van der Waals surface area (Å²) in [5, 5.41) is 3.23. The molecule has 0 radical (unpaired) electrons. The van der Waals surface area contributed by atoms with Crippen LogP contribution in [-0.4, -0.2) is 83.5 Å². The molecule has 25 heavy (non-hydrogen) atoms. The van der Waals surface area contributed by atoms with Gasteiger partial charge >= 0.3 is 0 Å². The fourth-order valence-corrected chi connectivity index (χ4v) is 3.83. The summed E-state index contributed by atoms with van der Waals surface area (Å²) in [6, 6.07) is 5.45. The summed E-state index contributed by atoms with van der Waals surface area (Å²) in [6.45, 7) is 9.25. The molecule has 1 amide bonds. The second-order valence-electron chi connectivity index (χ2n) is 7.65. The molecule has 2 aliphatic heterocycles. The van der Waals surface area contributed by atoms with E-state index in [-0.39, 0.29) is 5.91 Å². The van der Waals surface area contributed by atoms with Crippen molar-refractivity contribution >= 4 is 11.7 Å². The van der Waals surface area contributed by atoms with Gasteiger partial charge in [0.05, 0.1) is 0 Å². The first-order valence-corrected chi connectivity index (χ1v) is 9.61. The molecular formula is C19H29N5O. The number of nitrogens with one attached hydrogen (secondary N) is 1. The Morgan fingerprint density at radius 1 is 1.12 bits per heavy atom. The molecule has 3 aliphatic rings. The molecule has 1 saturated carbocycles. The first kappa shape index (κ1) is 16.8. The smallest absolute Gasteiger partial charge is 0.224 e. The fraction of sp³-hybridized carbons (Fsp3) is 0.684. The largest absolute Gasteiger partial charge is 0.370 e. The monoisotopic (exact) mass is 343 g/mol. The van der Waals surface area contributed by atoms with E-state index in [1.165, 1.54) is 39.0 Å². The van der Waals surface area contributed by atoms with Crippen molar-refractivity contribution in [2.45, 2.75) is 38.3 Å². The van der Waals surface area contributed by atoms with Crippen LogP contribution in [0.3, 0.4) is 0 Å². The van der Waals surface area contributed by atoms with Crippen LogP contribution in [-0.2, 0) is 4.79 Å². The number of piperazine rings is 1. The first-order valence-electron chi connectivity index (χ1n) is 9.61. The number of carbonyl (C=O) groups is 1. The number of rotatable bonds is 6. The SMILES string of the molecule is Cc1ccc(NCCC(=O)N2CC(N3CCN(C4CC4)CC3)C2)nc1. The van der Waals surface area contributed by atoms with Gasteiger partial charge in [0, 0.05) is 70.5 Å². The highest BCUT2D eigenvalue weighted by Crippen LogP contribution is 2.28. The van der Waals surface area contributed by atoms with E-state index in [0.717, 1.165) is 30.5 Å². The maximum atomic E-state index is 12.3. The zero-order valence-corrected chi connectivity index (χ0v) is 15.2. The summed E-state index contributed by atoms with van der Waals surface area (Å²) in [5.41, 5.74) is 1.14. The molecule has 0 bridgehead atoms. The van der Waals surface area contributed by atoms with Crippen LogP contribution in [0.15, 0.2) is 18.3 Å². The van der Waals surface area contributed by atoms with Crippen molar-refractivity contribution in [2.75, 3.05) is 51.1 Å². The fourth-order valence-electron chi connectivity index (χ4n) is 3.83. The van der Waals surface area contributed by atoms with Crippen molar-refractivity contribution in [3.63, 3.8) is 0 Å². The molecule has 0 aromatic carbocycles. The Hall–Kier alpha value is -1.66. The molecule has 4 rings (SSSR count). The lowest BCUT2D eigenvalue weighted by atomic mass is 10.1. The number of pyridine rings is 1. The molecule has 0 spiro atoms. The molecule has 0 atom stereocenters. The first-order chi connectivity index (χ1) is 12.2. The number of aromatic nitrogens is 1. The third-order valence-electron chi connectivity index (χ3n) is 5.70. The highest BCUT2D eigenvalue weighted by Gasteiger charge is 2.37. The van der Waals surface area contributed by atoms with E-state index < -0.39 is 0 Å². The number of nitrogens with zero attached hydrogens (tertiary/aromatic N) is 4. The van der Waals surface area contributed by atoms with E-state index in [2.05, 4.69) is 20.1 Å². The van der Waals surface area contributed by atoms with E-state index >= 15 is 0 Å². The highest BCUT2D eigenvalue weighted by atomic mass is 16.2. The summed E-state index contributed by atoms with van der Waals surface area (Å²) in [5.74, 6) is 1.10. The second kappa shape index (κ2) is 7.30. The number of hydrogen-bond acceptors (Lipinski definition) is 5. The predicted octanol–water partition coefficient (Wildman–Crippen LogP) is 1.18. The molecule has 1 aromatic heterocycles. The van der Waals surface area contributed by atoms with Gasteiger partial charge in [0.2, 0.25) is 5.91 Å². The average molecular weight is 343 g/mol. The van der Waals surface area contributed by atoms with Crippen LogP contribution in [0, 0.1) is 6.92 Å². The van der Waals surface area contributed by atoms with Gasteiger partial charge in [0.1, 0.15) is 5.82 Å². The van der Waals surface area contributed by atoms with E-state index in [1.807, 2.05) is 30.2 Å². The maximum absolute atomic E-state index is 12.3. The van der Waals surface area contributed by atoms with Gasteiger partial charge in [-0.1, -0.05) is 6.07 Å². The van der Waals surface area contributed by atoms with Crippen LogP contribution in [0.25, 0.3) is 0 Å². The number of anilines is 1. The van der Waals surface area contributed by atoms with Crippen LogP contribution in [0.1, 0.15) is 24.8 Å². The van der Waals surface area contributed by atoms with Crippen LogP contribution in [0.2, 0.25) is 0 Å². The topological polar surface area (TPSA) is 51.7 Å². The number of amides is 1. The molecule has 0 unspecified atom stereocenters. The summed E-state index contributed by atoms with van der Waals surface area (Å²) in [7, 11) is 0. The van der Waals surface area contributed by atoms with Gasteiger partial charge in [-0.15, -0.1) is 0 Å². The minimum atomic E-state index is 0.257. The zero-order valence-electron chi connectivity index (χ0n) is 15.2. The van der Waals surface area contributed by atoms with Crippen molar-refractivity contribution in [1.29, 1.82) is 0 Å². The predicted molar refractivity (Wildman–Crippen MR) is 98.6 cm³/mol. The van der Waals surface area contributed by atoms with Crippen LogP contribution in [0.4, 0.5) is 5.82 Å². The Labute approximate surface area is 150 Å². The summed E-state index contributed by atoms with van der Waals surface area (Å²) in [6.07, 6.45) is 5.18. The Kier molecular flexibility index (Phi) is 4.90. The van der Waals surface area contributed by atoms with Gasteiger partial charge in [-0.25, -0.2) is 4.98 Å². The van der Waals surface area contributed by atoms with Crippen molar-refractivity contribution in [1.82, 2.24) is 19.7 Å². The zero-order chi connectivity index (χ0) is 17.2. The van der Waals surface area contributed by atoms with Gasteiger partial charge in [-0.05, 0) is 31.4 Å². The van der Waals surface area contributed by atoms with Crippen LogP contribution >= 0.6 is 0 Å². The maximum Gasteiger partial charge on any atom is 0.224 e. The van der Waals surface area contributed by atoms with Gasteiger partial charge in [-0.3, -0.25) is 14.6 Å². The summed E-state index contributed by atoms with van der Waals surface area (Å²) in [4.78, 5) is 23.8. The molecule has 6 nitrogen and oxygen atoms in total. The molecule has 3 heterocycles. The van der Waals surface area contributed by atoms with Crippen LogP contribution < -0.4 is 5.32 Å². The van der Waals surface area contributed by atoms with E-state index in [9.17, 15) is 4.79 Å². The number of likely N-dealkylation sites (tertiary alicyclic amines) is 1. The van der Waals surface area contributed by atoms with Gasteiger partial charge in [-0.2, -0.15) is 0 Å². The van der Waals surface area contributed by atoms with E-state index in [4.69, 9.17) is 0 Å². The molecule has 6 heteroatoms. The Morgan fingerprint density at radius 3 is 2.40 bits per heavy atom. The Morgan fingerprint density at radius 2 is 1.80 bits per heavy atom. The van der Waals surface area contributed by atoms with Crippen LogP contribution in [0.5, 0.6) is 0 Å². The summed E-state index contributed by atoms with van der Waals surface area (Å²) < 4.78 is 0. The lowest BCUT2D eigenvalue weighted by molar-refractivity contribution is -0.139. The van der Waals surface area contributed by atoms with Crippen molar-refractivity contribution in [2.24, 2.45) is 0 Å². The quantitative estimate of drug-likeness (QED) is 0.841. The normalized spacial score (nSPS) is 22.7. The van der Waals surface area contributed by atoms with Crippen molar-refractivity contribution in [3.05, 3.63) is 23.9 Å². The minimum Gasteiger partial charge on any atom is -0.370 e. The Balaban J connectivity index is 1.13. The number of aryl methyl sites for hydroxylation is 1. The molecule has 1 aliphatic carbocycles. The number of carbonyl (C=O) groups excluding carboxylic acids is 1. The molecule has 136 valence electrons. The lowest BCUT2D eigenvalue weighted by Crippen LogP contribution is -2.64. The van der Waals surface area contributed by atoms with Gasteiger partial charge in [0.15, 0.2) is 0 Å². The molecule has 3 fully saturated rings. The molecule has 1 N–H and O–H groups in total. The van der Waals surface area contributed by atoms with Gasteiger partial charge in [0.25, 0.3) is 0 Å². The number of hydrogen-bond donors (Lipinski definition) is 1. The third-order valence-corrected chi connectivity index (χ3v) is 5.70. The summed E-state index contributed by atoms with van der Waals surface area (Å²) >= 11 is 0. The van der Waals surface area contributed by atoms with Gasteiger partial charge < -0.3 is 10.2 Å².